The molecule has 1 heterocycles. The molecule has 0 aliphatic rings. The second-order valence-corrected chi connectivity index (χ2v) is 8.17. The fraction of sp³-hybridized carbons (Fsp3) is 0.222. The van der Waals surface area contributed by atoms with Crippen LogP contribution in [0.5, 0.6) is 5.75 Å². The molecule has 4 nitrogen and oxygen atoms in total. The molecule has 0 atom stereocenters. The maximum atomic E-state index is 12.7. The number of carbonyl (C=O) groups is 1. The molecule has 0 unspecified atom stereocenters. The second kappa shape index (κ2) is 8.21. The minimum absolute atomic E-state index is 0.291. The highest BCUT2D eigenvalue weighted by Gasteiger charge is 2.13. The van der Waals surface area contributed by atoms with Gasteiger partial charge >= 0.3 is 0 Å². The third-order valence-electron chi connectivity index (χ3n) is 3.70. The van der Waals surface area contributed by atoms with Crippen molar-refractivity contribution in [3.8, 4) is 5.75 Å². The minimum Gasteiger partial charge on any atom is -0.496 e. The lowest BCUT2D eigenvalue weighted by molar-refractivity contribution is 0.0995. The molecule has 3 aromatic rings. The quantitative estimate of drug-likeness (QED) is 0.587. The number of thioether (sulfide) groups is 1. The van der Waals surface area contributed by atoms with E-state index in [1.807, 2.05) is 18.2 Å². The van der Waals surface area contributed by atoms with Crippen molar-refractivity contribution in [2.75, 3.05) is 19.1 Å². The van der Waals surface area contributed by atoms with Gasteiger partial charge < -0.3 is 9.30 Å². The van der Waals surface area contributed by atoms with Gasteiger partial charge in [-0.05, 0) is 36.6 Å². The number of nitrogens with zero attached hydrogens (tertiary/aromatic N) is 2. The molecule has 130 valence electrons. The number of aromatic nitrogens is 1. The molecule has 0 saturated heterocycles. The lowest BCUT2D eigenvalue weighted by Crippen LogP contribution is -2.18. The van der Waals surface area contributed by atoms with Crippen LogP contribution in [0.4, 0.5) is 0 Å². The third kappa shape index (κ3) is 3.99. The van der Waals surface area contributed by atoms with Gasteiger partial charge in [-0.1, -0.05) is 39.4 Å². The van der Waals surface area contributed by atoms with Crippen molar-refractivity contribution in [2.45, 2.75) is 6.54 Å². The SMILES string of the molecule is COc1ccccc1C(=O)N=c1sc2cc(Br)ccc2n1CCSC. The van der Waals surface area contributed by atoms with E-state index in [9.17, 15) is 4.79 Å². The van der Waals surface area contributed by atoms with E-state index in [4.69, 9.17) is 4.74 Å². The zero-order valence-electron chi connectivity index (χ0n) is 13.9. The van der Waals surface area contributed by atoms with Crippen LogP contribution in [-0.4, -0.2) is 29.6 Å². The summed E-state index contributed by atoms with van der Waals surface area (Å²) in [4.78, 5) is 17.8. The van der Waals surface area contributed by atoms with E-state index in [0.29, 0.717) is 16.1 Å². The monoisotopic (exact) mass is 436 g/mol. The molecule has 1 aromatic heterocycles. The predicted octanol–water partition coefficient (Wildman–Crippen LogP) is 4.58. The summed E-state index contributed by atoms with van der Waals surface area (Å²) < 4.78 is 9.50. The van der Waals surface area contributed by atoms with Crippen molar-refractivity contribution in [1.29, 1.82) is 0 Å². The first kappa shape index (κ1) is 18.2. The van der Waals surface area contributed by atoms with Crippen LogP contribution in [0.15, 0.2) is 51.9 Å². The summed E-state index contributed by atoms with van der Waals surface area (Å²) in [6, 6.07) is 13.3. The molecule has 2 aromatic carbocycles. The van der Waals surface area contributed by atoms with Gasteiger partial charge in [0.1, 0.15) is 5.75 Å². The topological polar surface area (TPSA) is 43.6 Å². The van der Waals surface area contributed by atoms with Gasteiger partial charge in [0.2, 0.25) is 0 Å². The van der Waals surface area contributed by atoms with E-state index >= 15 is 0 Å². The summed E-state index contributed by atoms with van der Waals surface area (Å²) in [5, 5.41) is 0. The van der Waals surface area contributed by atoms with Crippen molar-refractivity contribution in [3.63, 3.8) is 0 Å². The van der Waals surface area contributed by atoms with Gasteiger partial charge in [-0.15, -0.1) is 0 Å². The van der Waals surface area contributed by atoms with Gasteiger partial charge in [0.25, 0.3) is 5.91 Å². The largest absolute Gasteiger partial charge is 0.496 e. The van der Waals surface area contributed by atoms with Crippen LogP contribution < -0.4 is 9.54 Å². The molecule has 0 aliphatic carbocycles. The number of methoxy groups -OCH3 is 1. The number of fused-ring (bicyclic) bond motifs is 1. The fourth-order valence-electron chi connectivity index (χ4n) is 2.50. The summed E-state index contributed by atoms with van der Waals surface area (Å²) in [7, 11) is 1.56. The van der Waals surface area contributed by atoms with E-state index in [2.05, 4.69) is 43.9 Å². The number of thiazole rings is 1. The van der Waals surface area contributed by atoms with Crippen LogP contribution in [0.25, 0.3) is 10.2 Å². The lowest BCUT2D eigenvalue weighted by Gasteiger charge is -2.05. The average Bonchev–Trinajstić information content (AvgIpc) is 2.95. The molecule has 7 heteroatoms. The molecule has 0 aliphatic heterocycles. The van der Waals surface area contributed by atoms with Crippen molar-refractivity contribution < 1.29 is 9.53 Å². The van der Waals surface area contributed by atoms with Gasteiger partial charge in [0.15, 0.2) is 4.80 Å². The van der Waals surface area contributed by atoms with E-state index in [1.54, 1.807) is 31.0 Å². The first-order chi connectivity index (χ1) is 12.1. The summed E-state index contributed by atoms with van der Waals surface area (Å²) in [6.07, 6.45) is 2.07. The summed E-state index contributed by atoms with van der Waals surface area (Å²) in [6.45, 7) is 0.806. The van der Waals surface area contributed by atoms with Gasteiger partial charge in [-0.2, -0.15) is 16.8 Å². The van der Waals surface area contributed by atoms with E-state index in [-0.39, 0.29) is 5.91 Å². The second-order valence-electron chi connectivity index (χ2n) is 5.26. The van der Waals surface area contributed by atoms with Crippen molar-refractivity contribution in [1.82, 2.24) is 4.57 Å². The summed E-state index contributed by atoms with van der Waals surface area (Å²) in [5.74, 6) is 1.20. The Balaban J connectivity index is 2.12. The van der Waals surface area contributed by atoms with E-state index in [1.165, 1.54) is 11.3 Å². The highest BCUT2D eigenvalue weighted by Crippen LogP contribution is 2.23. The van der Waals surface area contributed by atoms with Crippen LogP contribution in [0, 0.1) is 0 Å². The molecular formula is C18H17BrN2O2S2. The molecule has 25 heavy (non-hydrogen) atoms. The third-order valence-corrected chi connectivity index (χ3v) is 5.82. The molecule has 3 rings (SSSR count). The number of amides is 1. The average molecular weight is 437 g/mol. The van der Waals surface area contributed by atoms with Crippen molar-refractivity contribution in [3.05, 3.63) is 57.3 Å². The van der Waals surface area contributed by atoms with Crippen LogP contribution in [0.3, 0.4) is 0 Å². The number of halogens is 1. The number of benzene rings is 2. The van der Waals surface area contributed by atoms with Crippen LogP contribution >= 0.6 is 39.0 Å². The van der Waals surface area contributed by atoms with Crippen molar-refractivity contribution in [2.24, 2.45) is 4.99 Å². The van der Waals surface area contributed by atoms with Gasteiger partial charge in [-0.3, -0.25) is 4.79 Å². The van der Waals surface area contributed by atoms with Crippen LogP contribution in [0.1, 0.15) is 10.4 Å². The van der Waals surface area contributed by atoms with E-state index in [0.717, 1.165) is 27.0 Å². The molecule has 0 radical (unpaired) electrons. The molecule has 0 N–H and O–H groups in total. The number of rotatable bonds is 5. The van der Waals surface area contributed by atoms with Gasteiger partial charge in [0, 0.05) is 16.8 Å². The maximum Gasteiger partial charge on any atom is 0.283 e. The molecule has 1 amide bonds. The fourth-order valence-corrected chi connectivity index (χ4v) is 4.47. The number of carbonyl (C=O) groups excluding carboxylic acids is 1. The van der Waals surface area contributed by atoms with Crippen LogP contribution in [0.2, 0.25) is 0 Å². The zero-order valence-corrected chi connectivity index (χ0v) is 17.1. The Morgan fingerprint density at radius 1 is 1.32 bits per heavy atom. The Morgan fingerprint density at radius 3 is 2.88 bits per heavy atom. The Labute approximate surface area is 162 Å². The lowest BCUT2D eigenvalue weighted by atomic mass is 10.2. The molecular weight excluding hydrogens is 420 g/mol. The normalized spacial score (nSPS) is 11.9. The number of ether oxygens (including phenoxy) is 1. The zero-order chi connectivity index (χ0) is 17.8. The Hall–Kier alpha value is -1.57. The number of aryl methyl sites for hydroxylation is 1. The van der Waals surface area contributed by atoms with E-state index < -0.39 is 0 Å². The van der Waals surface area contributed by atoms with Gasteiger partial charge in [0.05, 0.1) is 22.9 Å². The summed E-state index contributed by atoms with van der Waals surface area (Å²) in [5.41, 5.74) is 1.56. The Bertz CT molecular complexity index is 979. The Kier molecular flexibility index (Phi) is 5.98. The smallest absolute Gasteiger partial charge is 0.283 e. The maximum absolute atomic E-state index is 12.7. The first-order valence-electron chi connectivity index (χ1n) is 7.64. The highest BCUT2D eigenvalue weighted by molar-refractivity contribution is 9.10. The highest BCUT2D eigenvalue weighted by atomic mass is 79.9. The molecule has 0 fully saturated rings. The minimum atomic E-state index is -0.291. The number of para-hydroxylation sites is 1. The molecule has 0 bridgehead atoms. The molecule has 0 spiro atoms. The molecule has 0 saturated carbocycles. The Morgan fingerprint density at radius 2 is 2.12 bits per heavy atom. The number of hydrogen-bond acceptors (Lipinski definition) is 4. The summed E-state index contributed by atoms with van der Waals surface area (Å²) >= 11 is 6.79. The number of hydrogen-bond donors (Lipinski definition) is 0. The van der Waals surface area contributed by atoms with Gasteiger partial charge in [-0.25, -0.2) is 0 Å². The van der Waals surface area contributed by atoms with Crippen molar-refractivity contribution >= 4 is 55.2 Å². The predicted molar refractivity (Wildman–Crippen MR) is 109 cm³/mol. The standard InChI is InChI=1S/C18H17BrN2O2S2/c1-23-15-6-4-3-5-13(15)17(22)20-18-21(9-10-24-2)14-8-7-12(19)11-16(14)25-18/h3-8,11H,9-10H2,1-2H3. The van der Waals surface area contributed by atoms with Crippen LogP contribution in [-0.2, 0) is 6.54 Å². The first-order valence-corrected chi connectivity index (χ1v) is 10.6.